The molecule has 29 heavy (non-hydrogen) atoms. The van der Waals surface area contributed by atoms with E-state index in [-0.39, 0.29) is 11.6 Å². The van der Waals surface area contributed by atoms with Gasteiger partial charge in [0.2, 0.25) is 0 Å². The number of aryl methyl sites for hydroxylation is 1. The SMILES string of the molecule is COc1ccc(NC2=C(c3cccs3)C(=O)N(c3cccc(C)c3)C2=O)cc1Cl. The number of imide groups is 1. The van der Waals surface area contributed by atoms with Crippen LogP contribution in [-0.2, 0) is 9.59 Å². The van der Waals surface area contributed by atoms with Crippen molar-refractivity contribution < 1.29 is 14.3 Å². The number of amides is 2. The maximum atomic E-state index is 13.3. The Labute approximate surface area is 177 Å². The first kappa shape index (κ1) is 19.2. The van der Waals surface area contributed by atoms with Crippen LogP contribution in [0.25, 0.3) is 5.57 Å². The summed E-state index contributed by atoms with van der Waals surface area (Å²) in [4.78, 5) is 28.5. The summed E-state index contributed by atoms with van der Waals surface area (Å²) in [5.74, 6) is -0.235. The highest BCUT2D eigenvalue weighted by molar-refractivity contribution is 7.11. The molecule has 2 heterocycles. The van der Waals surface area contributed by atoms with Crippen LogP contribution >= 0.6 is 22.9 Å². The molecular weight excluding hydrogens is 408 g/mol. The van der Waals surface area contributed by atoms with Gasteiger partial charge >= 0.3 is 0 Å². The van der Waals surface area contributed by atoms with Crippen molar-refractivity contribution in [1.82, 2.24) is 0 Å². The average molecular weight is 425 g/mol. The smallest absolute Gasteiger partial charge is 0.282 e. The molecule has 0 fully saturated rings. The van der Waals surface area contributed by atoms with E-state index in [2.05, 4.69) is 5.32 Å². The molecule has 1 aliphatic heterocycles. The third-order valence-electron chi connectivity index (χ3n) is 4.53. The number of ether oxygens (including phenoxy) is 1. The lowest BCUT2D eigenvalue weighted by Gasteiger charge is -2.16. The van der Waals surface area contributed by atoms with Gasteiger partial charge in [-0.3, -0.25) is 9.59 Å². The quantitative estimate of drug-likeness (QED) is 0.578. The normalized spacial score (nSPS) is 14.0. The lowest BCUT2D eigenvalue weighted by atomic mass is 10.1. The minimum atomic E-state index is -0.407. The fourth-order valence-corrected chi connectivity index (χ4v) is 4.21. The van der Waals surface area contributed by atoms with E-state index in [0.717, 1.165) is 10.4 Å². The Kier molecular flexibility index (Phi) is 5.13. The third-order valence-corrected chi connectivity index (χ3v) is 5.72. The summed E-state index contributed by atoms with van der Waals surface area (Å²) in [6, 6.07) is 16.1. The molecular formula is C22H17ClN2O3S. The van der Waals surface area contributed by atoms with E-state index in [0.29, 0.717) is 27.7 Å². The van der Waals surface area contributed by atoms with Crippen LogP contribution in [0, 0.1) is 6.92 Å². The summed E-state index contributed by atoms with van der Waals surface area (Å²) < 4.78 is 5.17. The van der Waals surface area contributed by atoms with Gasteiger partial charge in [-0.15, -0.1) is 11.3 Å². The first-order chi connectivity index (χ1) is 14.0. The van der Waals surface area contributed by atoms with Crippen LogP contribution in [0.15, 0.2) is 65.7 Å². The van der Waals surface area contributed by atoms with Crippen LogP contribution in [0.5, 0.6) is 5.75 Å². The summed E-state index contributed by atoms with van der Waals surface area (Å²) in [6.07, 6.45) is 0. The number of benzene rings is 2. The molecule has 0 spiro atoms. The number of hydrogen-bond acceptors (Lipinski definition) is 5. The minimum Gasteiger partial charge on any atom is -0.495 e. The van der Waals surface area contributed by atoms with Crippen LogP contribution in [0.3, 0.4) is 0 Å². The monoisotopic (exact) mass is 424 g/mol. The number of carbonyl (C=O) groups excluding carboxylic acids is 2. The Morgan fingerprint density at radius 2 is 1.86 bits per heavy atom. The Morgan fingerprint density at radius 1 is 1.03 bits per heavy atom. The number of carbonyl (C=O) groups is 2. The minimum absolute atomic E-state index is 0.222. The van der Waals surface area contributed by atoms with Gasteiger partial charge in [0.05, 0.1) is 23.4 Å². The number of thiophene rings is 1. The molecule has 0 aliphatic carbocycles. The number of nitrogens with one attached hydrogen (secondary N) is 1. The Bertz CT molecular complexity index is 1140. The van der Waals surface area contributed by atoms with Gasteiger partial charge in [-0.05, 0) is 54.3 Å². The maximum Gasteiger partial charge on any atom is 0.282 e. The van der Waals surface area contributed by atoms with Gasteiger partial charge in [0, 0.05) is 10.6 Å². The van der Waals surface area contributed by atoms with Crippen LogP contribution in [0.1, 0.15) is 10.4 Å². The largest absolute Gasteiger partial charge is 0.495 e. The molecule has 0 unspecified atom stereocenters. The molecule has 1 aliphatic rings. The Hall–Kier alpha value is -3.09. The van der Waals surface area contributed by atoms with Crippen LogP contribution in [0.4, 0.5) is 11.4 Å². The van der Waals surface area contributed by atoms with Crippen molar-refractivity contribution in [3.05, 3.63) is 81.1 Å². The highest BCUT2D eigenvalue weighted by atomic mass is 35.5. The molecule has 2 aromatic carbocycles. The Balaban J connectivity index is 1.78. The van der Waals surface area contributed by atoms with Crippen LogP contribution in [-0.4, -0.2) is 18.9 Å². The first-order valence-corrected chi connectivity index (χ1v) is 10.1. The van der Waals surface area contributed by atoms with Crippen molar-refractivity contribution in [3.8, 4) is 5.75 Å². The lowest BCUT2D eigenvalue weighted by Crippen LogP contribution is -2.32. The zero-order valence-corrected chi connectivity index (χ0v) is 17.3. The van der Waals surface area contributed by atoms with Gasteiger partial charge < -0.3 is 10.1 Å². The van der Waals surface area contributed by atoms with Crippen molar-refractivity contribution >= 4 is 51.7 Å². The van der Waals surface area contributed by atoms with E-state index < -0.39 is 5.91 Å². The summed E-state index contributed by atoms with van der Waals surface area (Å²) in [7, 11) is 1.53. The van der Waals surface area contributed by atoms with Gasteiger partial charge in [-0.1, -0.05) is 29.8 Å². The Morgan fingerprint density at radius 3 is 2.52 bits per heavy atom. The number of rotatable bonds is 5. The predicted octanol–water partition coefficient (Wildman–Crippen LogP) is 5.12. The molecule has 0 saturated heterocycles. The van der Waals surface area contributed by atoms with Crippen molar-refractivity contribution in [2.45, 2.75) is 6.92 Å². The number of nitrogens with zero attached hydrogens (tertiary/aromatic N) is 1. The molecule has 1 N–H and O–H groups in total. The summed E-state index contributed by atoms with van der Waals surface area (Å²) in [5.41, 5.74) is 2.66. The van der Waals surface area contributed by atoms with Crippen LogP contribution < -0.4 is 15.0 Å². The zero-order valence-electron chi connectivity index (χ0n) is 15.7. The van der Waals surface area contributed by atoms with E-state index >= 15 is 0 Å². The molecule has 0 bridgehead atoms. The third kappa shape index (κ3) is 3.52. The van der Waals surface area contributed by atoms with Gasteiger partial charge in [0.1, 0.15) is 11.4 Å². The van der Waals surface area contributed by atoms with Gasteiger partial charge in [-0.25, -0.2) is 4.90 Å². The molecule has 7 heteroatoms. The number of anilines is 2. The summed E-state index contributed by atoms with van der Waals surface area (Å²) in [6.45, 7) is 1.92. The van der Waals surface area contributed by atoms with E-state index in [1.165, 1.54) is 23.3 Å². The van der Waals surface area contributed by atoms with E-state index in [1.807, 2.05) is 42.6 Å². The first-order valence-electron chi connectivity index (χ1n) is 8.83. The second-order valence-corrected chi connectivity index (χ2v) is 7.84. The summed E-state index contributed by atoms with van der Waals surface area (Å²) >= 11 is 7.62. The standard InChI is InChI=1S/C22H17ClN2O3S/c1-13-5-3-6-15(11-13)25-21(26)19(18-7-4-10-29-18)20(22(25)27)24-14-8-9-17(28-2)16(23)12-14/h3-12,24H,1-2H3. The molecule has 5 nitrogen and oxygen atoms in total. The fourth-order valence-electron chi connectivity index (χ4n) is 3.19. The lowest BCUT2D eigenvalue weighted by molar-refractivity contribution is -0.120. The zero-order chi connectivity index (χ0) is 20.5. The van der Waals surface area contributed by atoms with Gasteiger partial charge in [0.25, 0.3) is 11.8 Å². The molecule has 0 atom stereocenters. The van der Waals surface area contributed by atoms with E-state index in [1.54, 1.807) is 24.3 Å². The number of methoxy groups -OCH3 is 1. The second kappa shape index (κ2) is 7.73. The molecule has 1 aromatic heterocycles. The van der Waals surface area contributed by atoms with Gasteiger partial charge in [-0.2, -0.15) is 0 Å². The van der Waals surface area contributed by atoms with Crippen molar-refractivity contribution in [2.24, 2.45) is 0 Å². The van der Waals surface area contributed by atoms with Crippen molar-refractivity contribution in [1.29, 1.82) is 0 Å². The maximum absolute atomic E-state index is 13.3. The van der Waals surface area contributed by atoms with E-state index in [4.69, 9.17) is 16.3 Å². The summed E-state index contributed by atoms with van der Waals surface area (Å²) in [5, 5.41) is 5.38. The van der Waals surface area contributed by atoms with Gasteiger partial charge in [0.15, 0.2) is 0 Å². The highest BCUT2D eigenvalue weighted by Crippen LogP contribution is 2.36. The second-order valence-electron chi connectivity index (χ2n) is 6.49. The topological polar surface area (TPSA) is 58.6 Å². The molecule has 0 radical (unpaired) electrons. The molecule has 4 rings (SSSR count). The average Bonchev–Trinajstić information content (AvgIpc) is 3.29. The molecule has 3 aromatic rings. The predicted molar refractivity (Wildman–Crippen MR) is 117 cm³/mol. The van der Waals surface area contributed by atoms with Crippen molar-refractivity contribution in [3.63, 3.8) is 0 Å². The fraction of sp³-hybridized carbons (Fsp3) is 0.0909. The molecule has 2 amide bonds. The molecule has 146 valence electrons. The number of hydrogen-bond donors (Lipinski definition) is 1. The number of halogens is 1. The van der Waals surface area contributed by atoms with E-state index in [9.17, 15) is 9.59 Å². The van der Waals surface area contributed by atoms with Crippen molar-refractivity contribution in [2.75, 3.05) is 17.3 Å². The molecule has 0 saturated carbocycles. The van der Waals surface area contributed by atoms with Crippen LogP contribution in [0.2, 0.25) is 5.02 Å². The highest BCUT2D eigenvalue weighted by Gasteiger charge is 2.40.